The number of rotatable bonds is 6. The van der Waals surface area contributed by atoms with Crippen molar-refractivity contribution in [2.24, 2.45) is 17.8 Å². The van der Waals surface area contributed by atoms with Crippen LogP contribution in [0.2, 0.25) is 0 Å². The third-order valence-corrected chi connectivity index (χ3v) is 13.8. The highest BCUT2D eigenvalue weighted by atomic mass is 16.7. The summed E-state index contributed by atoms with van der Waals surface area (Å²) in [5, 5.41) is 35.2. The maximum Gasteiger partial charge on any atom is 0.317 e. The molecule has 3 saturated heterocycles. The number of hydrogen-bond donors (Lipinski definition) is 3. The number of amides is 1. The van der Waals surface area contributed by atoms with E-state index in [9.17, 15) is 24.6 Å². The van der Waals surface area contributed by atoms with Gasteiger partial charge in [-0.1, -0.05) is 76.1 Å². The highest BCUT2D eigenvalue weighted by Crippen LogP contribution is 2.48. The van der Waals surface area contributed by atoms with Gasteiger partial charge in [0.15, 0.2) is 5.79 Å². The predicted molar refractivity (Wildman–Crippen MR) is 218 cm³/mol. The van der Waals surface area contributed by atoms with Crippen molar-refractivity contribution in [3.63, 3.8) is 0 Å². The minimum Gasteiger partial charge on any atom is -0.462 e. The normalized spacial score (nSPS) is 39.3. The van der Waals surface area contributed by atoms with Crippen LogP contribution in [0.4, 0.5) is 5.69 Å². The number of anilines is 1. The Morgan fingerprint density at radius 1 is 1.05 bits per heavy atom. The van der Waals surface area contributed by atoms with Gasteiger partial charge in [0.2, 0.25) is 5.91 Å². The van der Waals surface area contributed by atoms with Gasteiger partial charge in [0.1, 0.15) is 42.4 Å². The number of nitrogens with one attached hydrogen (secondary N) is 1. The van der Waals surface area contributed by atoms with Gasteiger partial charge in [-0.3, -0.25) is 14.4 Å². The zero-order valence-electron chi connectivity index (χ0n) is 35.0. The summed E-state index contributed by atoms with van der Waals surface area (Å²) in [4.78, 5) is 40.9. The number of benzene rings is 1. The minimum absolute atomic E-state index is 0.00932. The van der Waals surface area contributed by atoms with Crippen molar-refractivity contribution in [2.45, 2.75) is 159 Å². The van der Waals surface area contributed by atoms with Gasteiger partial charge in [0.05, 0.1) is 30.3 Å². The van der Waals surface area contributed by atoms with E-state index in [2.05, 4.69) is 25.2 Å². The Labute approximate surface area is 347 Å². The maximum absolute atomic E-state index is 14.6. The smallest absolute Gasteiger partial charge is 0.317 e. The number of carbonyl (C=O) groups excluding carboxylic acids is 3. The molecule has 1 aromatic rings. The monoisotopic (exact) mass is 812 g/mol. The number of aliphatic hydroxyl groups excluding tert-OH is 1. The van der Waals surface area contributed by atoms with Crippen molar-refractivity contribution in [1.82, 2.24) is 0 Å². The topological polar surface area (TPSA) is 174 Å². The molecule has 2 bridgehead atoms. The highest BCUT2D eigenvalue weighted by molar-refractivity contribution is 5.92. The van der Waals surface area contributed by atoms with Gasteiger partial charge >= 0.3 is 11.9 Å². The third-order valence-electron chi connectivity index (χ3n) is 13.8. The van der Waals surface area contributed by atoms with Crippen molar-refractivity contribution in [3.05, 3.63) is 76.9 Å². The molecule has 1 amide bonds. The number of carbonyl (C=O) groups is 3. The van der Waals surface area contributed by atoms with Crippen LogP contribution >= 0.6 is 0 Å². The first kappa shape index (κ1) is 43.0. The molecule has 12 nitrogen and oxygen atoms in total. The number of ether oxygens (including phenoxy) is 5. The van der Waals surface area contributed by atoms with Gasteiger partial charge in [-0.25, -0.2) is 0 Å². The molecule has 7 rings (SSSR count). The number of aliphatic hydroxyl groups is 2. The molecule has 0 unspecified atom stereocenters. The molecule has 1 aromatic carbocycles. The van der Waals surface area contributed by atoms with Gasteiger partial charge in [-0.15, -0.1) is 0 Å². The van der Waals surface area contributed by atoms with E-state index in [0.29, 0.717) is 61.3 Å². The molecule has 3 N–H and O–H groups in total. The molecule has 4 heterocycles. The predicted octanol–water partition coefficient (Wildman–Crippen LogP) is 6.81. The Hall–Kier alpha value is -4.12. The quantitative estimate of drug-likeness (QED) is 0.204. The number of esters is 2. The highest BCUT2D eigenvalue weighted by Gasteiger charge is 2.60. The first-order chi connectivity index (χ1) is 28.2. The summed E-state index contributed by atoms with van der Waals surface area (Å²) in [6, 6.07) is 9.08. The van der Waals surface area contributed by atoms with Crippen LogP contribution in [-0.4, -0.2) is 82.7 Å². The van der Waals surface area contributed by atoms with Crippen LogP contribution in [0.25, 0.3) is 0 Å². The van der Waals surface area contributed by atoms with Crippen LogP contribution in [0.3, 0.4) is 0 Å². The average Bonchev–Trinajstić information content (AvgIpc) is 3.84. The van der Waals surface area contributed by atoms with Crippen molar-refractivity contribution in [3.8, 4) is 6.07 Å². The molecule has 4 aliphatic heterocycles. The Morgan fingerprint density at radius 2 is 1.80 bits per heavy atom. The molecule has 11 atom stereocenters. The van der Waals surface area contributed by atoms with Crippen molar-refractivity contribution < 1.29 is 48.3 Å². The van der Waals surface area contributed by atoms with E-state index in [-0.39, 0.29) is 37.1 Å². The van der Waals surface area contributed by atoms with E-state index in [4.69, 9.17) is 28.9 Å². The Morgan fingerprint density at radius 3 is 2.51 bits per heavy atom. The molecule has 59 heavy (non-hydrogen) atoms. The van der Waals surface area contributed by atoms with Crippen LogP contribution in [0.15, 0.2) is 71.4 Å². The van der Waals surface area contributed by atoms with Crippen LogP contribution < -0.4 is 5.32 Å². The lowest BCUT2D eigenvalue weighted by Gasteiger charge is -2.50. The maximum atomic E-state index is 14.6. The summed E-state index contributed by atoms with van der Waals surface area (Å²) in [6.45, 7) is 9.97. The number of hydrogen-bond acceptors (Lipinski definition) is 11. The van der Waals surface area contributed by atoms with Crippen molar-refractivity contribution in [1.29, 1.82) is 5.26 Å². The van der Waals surface area contributed by atoms with Crippen molar-refractivity contribution in [2.75, 3.05) is 11.9 Å². The molecular formula is C47H60N2O10. The lowest BCUT2D eigenvalue weighted by atomic mass is 9.71. The van der Waals surface area contributed by atoms with Gasteiger partial charge in [0, 0.05) is 30.9 Å². The molecule has 6 aliphatic rings. The second-order valence-corrected chi connectivity index (χ2v) is 17.8. The van der Waals surface area contributed by atoms with Gasteiger partial charge in [-0.05, 0) is 86.3 Å². The number of allylic oxidation sites excluding steroid dienone is 2. The van der Waals surface area contributed by atoms with Crippen LogP contribution in [0.1, 0.15) is 111 Å². The Kier molecular flexibility index (Phi) is 12.7. The first-order valence-electron chi connectivity index (χ1n) is 21.5. The molecule has 12 heteroatoms. The molecule has 0 radical (unpaired) electrons. The van der Waals surface area contributed by atoms with Crippen LogP contribution in [0.5, 0.6) is 0 Å². The van der Waals surface area contributed by atoms with E-state index in [1.54, 1.807) is 37.3 Å². The number of fused-ring (bicyclic) bond motifs is 2. The second kappa shape index (κ2) is 17.5. The van der Waals surface area contributed by atoms with Crippen molar-refractivity contribution >= 4 is 23.5 Å². The SMILES string of the molecule is CC[C@H]1O[C@]2(CC[C@@H]1C)C[C@@H]1C[C@@H](C/C=C(\C)[C@H](OC(=O)C3(c4ccc(NC(=O)CC#N)cc4)CCCC3)[C@@H](C)/C=C/C=C3\CO[C@@H]4[C@H](O)C(C)=C[C@@H](C(=O)O1)[C@]34O)O2. The molecule has 1 spiro atoms. The second-order valence-electron chi connectivity index (χ2n) is 17.8. The fraction of sp³-hybridized carbons (Fsp3) is 0.617. The Bertz CT molecular complexity index is 1920. The fourth-order valence-electron chi connectivity index (χ4n) is 10.3. The van der Waals surface area contributed by atoms with Gasteiger partial charge in [0.25, 0.3) is 0 Å². The summed E-state index contributed by atoms with van der Waals surface area (Å²) < 4.78 is 32.6. The zero-order valence-corrected chi connectivity index (χ0v) is 35.0. The van der Waals surface area contributed by atoms with E-state index in [1.165, 1.54) is 0 Å². The van der Waals surface area contributed by atoms with Crippen LogP contribution in [-0.2, 0) is 43.5 Å². The minimum atomic E-state index is -1.85. The molecular weight excluding hydrogens is 753 g/mol. The summed E-state index contributed by atoms with van der Waals surface area (Å²) in [7, 11) is 0. The van der Waals surface area contributed by atoms with Gasteiger partial charge in [-0.2, -0.15) is 5.26 Å². The van der Waals surface area contributed by atoms with Crippen LogP contribution in [0, 0.1) is 29.1 Å². The standard InChI is InChI=1S/C47H60N2O10/c1-6-38-28(2)18-22-46(59-38)26-36-25-35(58-46)17-12-30(4)41(57-44(53)45(20-7-8-21-45)32-13-15-34(16-14-32)49-39(50)19-23-48)29(3)10-9-11-33-27-55-42-40(51)31(5)24-37(43(52)56-36)47(33,42)54/h9-16,24,28-29,35-38,40-42,51,54H,6-8,17-22,25-27H2,1-5H3,(H,49,50)/b10-9+,30-12+,33-11+/t28-,29-,35+,36-,37-,38+,40+,41+,42+,46+,47+/m0/s1. The lowest BCUT2D eigenvalue weighted by molar-refractivity contribution is -0.335. The summed E-state index contributed by atoms with van der Waals surface area (Å²) in [5.74, 6) is -3.33. The number of nitrogens with zero attached hydrogens (tertiary/aromatic N) is 1. The fourth-order valence-corrected chi connectivity index (χ4v) is 10.3. The summed E-state index contributed by atoms with van der Waals surface area (Å²) >= 11 is 0. The van der Waals surface area contributed by atoms with E-state index in [1.807, 2.05) is 38.1 Å². The molecule has 318 valence electrons. The summed E-state index contributed by atoms with van der Waals surface area (Å²) in [6.07, 6.45) is 11.7. The van der Waals surface area contributed by atoms with E-state index in [0.717, 1.165) is 36.8 Å². The Balaban J connectivity index is 1.23. The average molecular weight is 813 g/mol. The molecule has 4 fully saturated rings. The first-order valence-corrected chi connectivity index (χ1v) is 21.5. The van der Waals surface area contributed by atoms with Gasteiger partial charge < -0.3 is 39.2 Å². The zero-order chi connectivity index (χ0) is 42.1. The molecule has 2 aliphatic carbocycles. The summed E-state index contributed by atoms with van der Waals surface area (Å²) in [5.41, 5.74) is 0.452. The number of nitriles is 1. The van der Waals surface area contributed by atoms with E-state index >= 15 is 0 Å². The van der Waals surface area contributed by atoms with E-state index < -0.39 is 59.0 Å². The largest absolute Gasteiger partial charge is 0.462 e. The lowest BCUT2D eigenvalue weighted by Crippen LogP contribution is -2.58. The third kappa shape index (κ3) is 8.47. The molecule has 0 aromatic heterocycles. The molecule has 1 saturated carbocycles.